The number of nitrogens with zero attached hydrogens (tertiary/aromatic N) is 2. The number of para-hydroxylation sites is 2. The second-order valence-electron chi connectivity index (χ2n) is 7.33. The molecule has 1 saturated heterocycles. The predicted molar refractivity (Wildman–Crippen MR) is 103 cm³/mol. The van der Waals surface area contributed by atoms with Gasteiger partial charge in [0, 0.05) is 19.6 Å². The fraction of sp³-hybridized carbons (Fsp3) is 0.409. The maximum atomic E-state index is 13.3. The first-order valence-corrected chi connectivity index (χ1v) is 9.71. The molecule has 1 fully saturated rings. The summed E-state index contributed by atoms with van der Waals surface area (Å²) in [5.74, 6) is 0.797. The van der Waals surface area contributed by atoms with Crippen LogP contribution in [0.1, 0.15) is 31.2 Å². The minimum absolute atomic E-state index is 0.0284. The van der Waals surface area contributed by atoms with Gasteiger partial charge in [-0.2, -0.15) is 0 Å². The molecule has 0 spiro atoms. The third-order valence-electron chi connectivity index (χ3n) is 5.43. The number of rotatable bonds is 4. The van der Waals surface area contributed by atoms with Gasteiger partial charge >= 0.3 is 0 Å². The van der Waals surface area contributed by atoms with Gasteiger partial charge in [0.1, 0.15) is 18.2 Å². The van der Waals surface area contributed by atoms with E-state index in [2.05, 4.69) is 4.90 Å². The van der Waals surface area contributed by atoms with Gasteiger partial charge in [0.2, 0.25) is 5.91 Å². The van der Waals surface area contributed by atoms with Gasteiger partial charge in [-0.05, 0) is 49.1 Å². The number of likely N-dealkylation sites (tertiary alicyclic amines) is 1. The Balaban J connectivity index is 1.55. The average molecular weight is 368 g/mol. The number of hydrogen-bond acceptors (Lipinski definition) is 3. The lowest BCUT2D eigenvalue weighted by atomic mass is 10.0. The number of fused-ring (bicyclic) bond motifs is 1. The van der Waals surface area contributed by atoms with Crippen molar-refractivity contribution in [2.75, 3.05) is 24.6 Å². The fourth-order valence-corrected chi connectivity index (χ4v) is 3.93. The van der Waals surface area contributed by atoms with Gasteiger partial charge in [0.25, 0.3) is 0 Å². The Bertz CT molecular complexity index is 787. The molecule has 2 aliphatic rings. The number of piperidine rings is 1. The van der Waals surface area contributed by atoms with E-state index in [1.54, 1.807) is 12.1 Å². The summed E-state index contributed by atoms with van der Waals surface area (Å²) in [6.07, 6.45) is 3.83. The molecule has 2 aliphatic heterocycles. The molecule has 0 saturated carbocycles. The number of hydrogen-bond donors (Lipinski definition) is 0. The molecular weight excluding hydrogens is 343 g/mol. The van der Waals surface area contributed by atoms with Crippen LogP contribution in [0.3, 0.4) is 0 Å². The normalized spacial score (nSPS) is 19.4. The number of carbonyl (C=O) groups is 1. The van der Waals surface area contributed by atoms with Crippen LogP contribution in [-0.2, 0) is 11.3 Å². The van der Waals surface area contributed by atoms with Crippen molar-refractivity contribution in [1.29, 1.82) is 0 Å². The lowest BCUT2D eigenvalue weighted by Gasteiger charge is -2.39. The van der Waals surface area contributed by atoms with Crippen LogP contribution in [-0.4, -0.2) is 36.5 Å². The summed E-state index contributed by atoms with van der Waals surface area (Å²) in [5.41, 5.74) is 2.01. The topological polar surface area (TPSA) is 32.8 Å². The molecule has 2 aromatic carbocycles. The number of halogens is 1. The van der Waals surface area contributed by atoms with E-state index in [0.717, 1.165) is 42.9 Å². The van der Waals surface area contributed by atoms with Crippen LogP contribution < -0.4 is 9.64 Å². The zero-order chi connectivity index (χ0) is 18.6. The van der Waals surface area contributed by atoms with E-state index in [1.807, 2.05) is 29.2 Å². The monoisotopic (exact) mass is 368 g/mol. The first-order chi connectivity index (χ1) is 13.2. The summed E-state index contributed by atoms with van der Waals surface area (Å²) in [5, 5.41) is 0. The Morgan fingerprint density at radius 1 is 1.04 bits per heavy atom. The highest BCUT2D eigenvalue weighted by Gasteiger charge is 2.31. The summed E-state index contributed by atoms with van der Waals surface area (Å²) >= 11 is 0. The van der Waals surface area contributed by atoms with E-state index in [4.69, 9.17) is 4.74 Å². The van der Waals surface area contributed by atoms with Crippen molar-refractivity contribution in [3.63, 3.8) is 0 Å². The summed E-state index contributed by atoms with van der Waals surface area (Å²) in [6, 6.07) is 14.5. The van der Waals surface area contributed by atoms with E-state index in [-0.39, 0.29) is 17.8 Å². The van der Waals surface area contributed by atoms with E-state index in [0.29, 0.717) is 19.6 Å². The highest BCUT2D eigenvalue weighted by atomic mass is 19.1. The van der Waals surface area contributed by atoms with E-state index in [1.165, 1.54) is 18.6 Å². The zero-order valence-electron chi connectivity index (χ0n) is 15.4. The smallest absolute Gasteiger partial charge is 0.224 e. The van der Waals surface area contributed by atoms with Crippen LogP contribution in [0, 0.1) is 5.82 Å². The number of anilines is 1. The Morgan fingerprint density at radius 2 is 1.78 bits per heavy atom. The lowest BCUT2D eigenvalue weighted by Crippen LogP contribution is -2.47. The van der Waals surface area contributed by atoms with Gasteiger partial charge < -0.3 is 14.5 Å². The second kappa shape index (κ2) is 7.99. The quantitative estimate of drug-likeness (QED) is 0.818. The molecule has 2 heterocycles. The van der Waals surface area contributed by atoms with Crippen molar-refractivity contribution in [1.82, 2.24) is 4.90 Å². The Kier molecular flexibility index (Phi) is 5.28. The maximum Gasteiger partial charge on any atom is 0.224 e. The third-order valence-corrected chi connectivity index (χ3v) is 5.43. The van der Waals surface area contributed by atoms with Crippen molar-refractivity contribution in [2.45, 2.75) is 38.3 Å². The lowest BCUT2D eigenvalue weighted by molar-refractivity contribution is -0.132. The van der Waals surface area contributed by atoms with E-state index >= 15 is 0 Å². The molecule has 4 rings (SSSR count). The highest BCUT2D eigenvalue weighted by molar-refractivity contribution is 5.78. The van der Waals surface area contributed by atoms with Gasteiger partial charge in [-0.15, -0.1) is 0 Å². The number of amides is 1. The fourth-order valence-electron chi connectivity index (χ4n) is 3.93. The van der Waals surface area contributed by atoms with Crippen LogP contribution in [0.2, 0.25) is 0 Å². The molecule has 2 aromatic rings. The van der Waals surface area contributed by atoms with Crippen LogP contribution >= 0.6 is 0 Å². The molecular formula is C22H25FN2O2. The largest absolute Gasteiger partial charge is 0.489 e. The molecule has 1 atom stereocenters. The summed E-state index contributed by atoms with van der Waals surface area (Å²) in [4.78, 5) is 17.0. The first kappa shape index (κ1) is 17.8. The molecule has 0 unspecified atom stereocenters. The second-order valence-corrected chi connectivity index (χ2v) is 7.33. The van der Waals surface area contributed by atoms with Crippen LogP contribution in [0.15, 0.2) is 48.5 Å². The molecule has 0 bridgehead atoms. The standard InChI is InChI=1S/C22H25FN2O2/c23-18-10-8-17(9-11-18)15-25-19(14-22(26)24-12-4-1-5-13-24)16-27-21-7-3-2-6-20(21)25/h2-3,6-11,19H,1,4-5,12-16H2/t19-/m1/s1. The zero-order valence-corrected chi connectivity index (χ0v) is 15.4. The maximum absolute atomic E-state index is 13.3. The van der Waals surface area contributed by atoms with Crippen LogP contribution in [0.5, 0.6) is 5.75 Å². The van der Waals surface area contributed by atoms with E-state index < -0.39 is 0 Å². The van der Waals surface area contributed by atoms with Crippen molar-refractivity contribution in [3.8, 4) is 5.75 Å². The minimum atomic E-state index is -0.238. The Hall–Kier alpha value is -2.56. The minimum Gasteiger partial charge on any atom is -0.489 e. The summed E-state index contributed by atoms with van der Waals surface area (Å²) in [7, 11) is 0. The van der Waals surface area contributed by atoms with Crippen molar-refractivity contribution in [3.05, 3.63) is 59.9 Å². The first-order valence-electron chi connectivity index (χ1n) is 9.71. The number of benzene rings is 2. The third kappa shape index (κ3) is 4.07. The van der Waals surface area contributed by atoms with Gasteiger partial charge in [-0.25, -0.2) is 4.39 Å². The SMILES string of the molecule is O=C(C[C@@H]1COc2ccccc2N1Cc1ccc(F)cc1)N1CCCCC1. The van der Waals surface area contributed by atoms with Crippen molar-refractivity contribution >= 4 is 11.6 Å². The van der Waals surface area contributed by atoms with Gasteiger partial charge in [0.15, 0.2) is 0 Å². The average Bonchev–Trinajstić information content (AvgIpc) is 2.72. The highest BCUT2D eigenvalue weighted by Crippen LogP contribution is 2.35. The molecule has 4 nitrogen and oxygen atoms in total. The summed E-state index contributed by atoms with van der Waals surface area (Å²) < 4.78 is 19.2. The molecule has 0 aliphatic carbocycles. The van der Waals surface area contributed by atoms with Gasteiger partial charge in [-0.3, -0.25) is 4.79 Å². The molecule has 0 aromatic heterocycles. The van der Waals surface area contributed by atoms with Crippen molar-refractivity contribution in [2.24, 2.45) is 0 Å². The molecule has 0 N–H and O–H groups in total. The molecule has 0 radical (unpaired) electrons. The molecule has 5 heteroatoms. The van der Waals surface area contributed by atoms with Gasteiger partial charge in [-0.1, -0.05) is 24.3 Å². The molecule has 142 valence electrons. The van der Waals surface area contributed by atoms with E-state index in [9.17, 15) is 9.18 Å². The number of carbonyl (C=O) groups excluding carboxylic acids is 1. The van der Waals surface area contributed by atoms with Gasteiger partial charge in [0.05, 0.1) is 18.2 Å². The molecule has 1 amide bonds. The number of ether oxygens (including phenoxy) is 1. The van der Waals surface area contributed by atoms with Crippen LogP contribution in [0.4, 0.5) is 10.1 Å². The summed E-state index contributed by atoms with van der Waals surface area (Å²) in [6.45, 7) is 2.83. The molecule has 27 heavy (non-hydrogen) atoms. The Morgan fingerprint density at radius 3 is 2.56 bits per heavy atom. The Labute approximate surface area is 159 Å². The predicted octanol–water partition coefficient (Wildman–Crippen LogP) is 4.00. The van der Waals surface area contributed by atoms with Crippen LogP contribution in [0.25, 0.3) is 0 Å². The van der Waals surface area contributed by atoms with Crippen molar-refractivity contribution < 1.29 is 13.9 Å².